The number of hydrogen-bond acceptors (Lipinski definition) is 1. The first-order valence-corrected chi connectivity index (χ1v) is 8.01. The van der Waals surface area contributed by atoms with Crippen LogP contribution in [0.2, 0.25) is 0 Å². The predicted molar refractivity (Wildman–Crippen MR) is 89.7 cm³/mol. The second-order valence-corrected chi connectivity index (χ2v) is 5.75. The van der Waals surface area contributed by atoms with Gasteiger partial charge in [0.15, 0.2) is 0 Å². The van der Waals surface area contributed by atoms with Crippen LogP contribution in [0.4, 0.5) is 0 Å². The van der Waals surface area contributed by atoms with Crippen molar-refractivity contribution in [1.29, 1.82) is 0 Å². The van der Waals surface area contributed by atoms with Crippen molar-refractivity contribution < 1.29 is 4.74 Å². The molecule has 0 bridgehead atoms. The lowest BCUT2D eigenvalue weighted by Crippen LogP contribution is -2.08. The van der Waals surface area contributed by atoms with Crippen molar-refractivity contribution in [2.45, 2.75) is 46.1 Å². The highest BCUT2D eigenvalue weighted by Gasteiger charge is 2.16. The van der Waals surface area contributed by atoms with Crippen LogP contribution in [0.15, 0.2) is 54.6 Å². The Balaban J connectivity index is 2.06. The van der Waals surface area contributed by atoms with E-state index in [9.17, 15) is 0 Å². The summed E-state index contributed by atoms with van der Waals surface area (Å²) in [4.78, 5) is 0. The molecule has 0 saturated carbocycles. The predicted octanol–water partition coefficient (Wildman–Crippen LogP) is 5.81. The lowest BCUT2D eigenvalue weighted by molar-refractivity contribution is 0.305. The molecule has 0 fully saturated rings. The molecule has 0 aliphatic heterocycles. The minimum absolute atomic E-state index is 0.621. The fraction of sp³-hybridized carbons (Fsp3) is 0.400. The Morgan fingerprint density at radius 2 is 1.67 bits per heavy atom. The van der Waals surface area contributed by atoms with E-state index in [0.717, 1.165) is 5.75 Å². The van der Waals surface area contributed by atoms with Crippen molar-refractivity contribution in [3.63, 3.8) is 0 Å². The molecule has 0 N–H and O–H groups in total. The number of benzene rings is 2. The van der Waals surface area contributed by atoms with Gasteiger partial charge in [0.1, 0.15) is 12.4 Å². The Hall–Kier alpha value is -1.76. The monoisotopic (exact) mass is 282 g/mol. The molecule has 1 heteroatoms. The average Bonchev–Trinajstić information content (AvgIpc) is 2.55. The lowest BCUT2D eigenvalue weighted by atomic mass is 9.84. The van der Waals surface area contributed by atoms with Crippen LogP contribution in [0.25, 0.3) is 0 Å². The third kappa shape index (κ3) is 4.35. The van der Waals surface area contributed by atoms with E-state index in [1.165, 1.54) is 24.0 Å². The smallest absolute Gasteiger partial charge is 0.120 e. The molecular weight excluding hydrogens is 256 g/mol. The van der Waals surface area contributed by atoms with Crippen molar-refractivity contribution >= 4 is 0 Å². The fourth-order valence-corrected chi connectivity index (χ4v) is 2.83. The molecule has 112 valence electrons. The first kappa shape index (κ1) is 15.6. The molecule has 2 atom stereocenters. The van der Waals surface area contributed by atoms with Crippen molar-refractivity contribution in [1.82, 2.24) is 0 Å². The maximum Gasteiger partial charge on any atom is 0.120 e. The minimum atomic E-state index is 0.621. The molecule has 0 amide bonds. The van der Waals surface area contributed by atoms with Crippen LogP contribution in [0.5, 0.6) is 5.75 Å². The number of hydrogen-bond donors (Lipinski definition) is 0. The topological polar surface area (TPSA) is 9.23 Å². The van der Waals surface area contributed by atoms with Crippen LogP contribution >= 0.6 is 0 Å². The normalized spacial score (nSPS) is 13.7. The van der Waals surface area contributed by atoms with E-state index < -0.39 is 0 Å². The lowest BCUT2D eigenvalue weighted by Gasteiger charge is -2.22. The van der Waals surface area contributed by atoms with Gasteiger partial charge in [-0.1, -0.05) is 69.7 Å². The molecule has 0 aliphatic rings. The largest absolute Gasteiger partial charge is 0.489 e. The van der Waals surface area contributed by atoms with Gasteiger partial charge in [-0.3, -0.25) is 0 Å². The SMILES string of the molecule is CC[C@H](C)[C@@H](CC)c1cccc(OCc2ccccc2)c1. The Morgan fingerprint density at radius 1 is 0.905 bits per heavy atom. The van der Waals surface area contributed by atoms with Crippen LogP contribution in [-0.4, -0.2) is 0 Å². The third-order valence-electron chi connectivity index (χ3n) is 4.31. The standard InChI is InChI=1S/C20H26O/c1-4-16(3)20(5-2)18-12-9-13-19(14-18)21-15-17-10-7-6-8-11-17/h6-14,16,20H,4-5,15H2,1-3H3/t16-,20+/m0/s1. The first-order chi connectivity index (χ1) is 10.2. The Bertz CT molecular complexity index is 533. The average molecular weight is 282 g/mol. The van der Waals surface area contributed by atoms with Gasteiger partial charge in [-0.2, -0.15) is 0 Å². The van der Waals surface area contributed by atoms with Gasteiger partial charge in [-0.05, 0) is 41.5 Å². The maximum absolute atomic E-state index is 5.94. The van der Waals surface area contributed by atoms with E-state index in [-0.39, 0.29) is 0 Å². The van der Waals surface area contributed by atoms with Crippen molar-refractivity contribution in [2.24, 2.45) is 5.92 Å². The molecule has 21 heavy (non-hydrogen) atoms. The molecule has 2 rings (SSSR count). The molecular formula is C20H26O. The van der Waals surface area contributed by atoms with Crippen LogP contribution in [0, 0.1) is 5.92 Å². The molecule has 0 radical (unpaired) electrons. The van der Waals surface area contributed by atoms with Gasteiger partial charge >= 0.3 is 0 Å². The van der Waals surface area contributed by atoms with Crippen LogP contribution in [-0.2, 0) is 6.61 Å². The molecule has 2 aromatic carbocycles. The summed E-state index contributed by atoms with van der Waals surface area (Å²) in [6, 6.07) is 18.9. The molecule has 0 spiro atoms. The van der Waals surface area contributed by atoms with Gasteiger partial charge < -0.3 is 4.74 Å². The molecule has 0 aliphatic carbocycles. The summed E-state index contributed by atoms with van der Waals surface area (Å²) in [5, 5.41) is 0. The summed E-state index contributed by atoms with van der Waals surface area (Å²) in [5.74, 6) is 2.30. The highest BCUT2D eigenvalue weighted by molar-refractivity contribution is 5.31. The van der Waals surface area contributed by atoms with Crippen molar-refractivity contribution in [2.75, 3.05) is 0 Å². The second-order valence-electron chi connectivity index (χ2n) is 5.75. The van der Waals surface area contributed by atoms with Gasteiger partial charge in [0.25, 0.3) is 0 Å². The van der Waals surface area contributed by atoms with Crippen LogP contribution < -0.4 is 4.74 Å². The highest BCUT2D eigenvalue weighted by Crippen LogP contribution is 2.31. The Morgan fingerprint density at radius 3 is 2.33 bits per heavy atom. The fourth-order valence-electron chi connectivity index (χ4n) is 2.83. The molecule has 1 nitrogen and oxygen atoms in total. The molecule has 0 saturated heterocycles. The summed E-state index contributed by atoms with van der Waals surface area (Å²) in [6.45, 7) is 7.51. The van der Waals surface area contributed by atoms with Gasteiger partial charge in [-0.25, -0.2) is 0 Å². The van der Waals surface area contributed by atoms with Gasteiger partial charge in [0.05, 0.1) is 0 Å². The summed E-state index contributed by atoms with van der Waals surface area (Å²) in [5.41, 5.74) is 2.61. The number of ether oxygens (including phenoxy) is 1. The van der Waals surface area contributed by atoms with E-state index in [1.807, 2.05) is 18.2 Å². The second kappa shape index (κ2) is 7.87. The quantitative estimate of drug-likeness (QED) is 0.623. The van der Waals surface area contributed by atoms with Crippen LogP contribution in [0.3, 0.4) is 0 Å². The van der Waals surface area contributed by atoms with Gasteiger partial charge in [-0.15, -0.1) is 0 Å². The van der Waals surface area contributed by atoms with E-state index in [1.54, 1.807) is 0 Å². The van der Waals surface area contributed by atoms with E-state index >= 15 is 0 Å². The molecule has 0 unspecified atom stereocenters. The molecule has 2 aromatic rings. The van der Waals surface area contributed by atoms with E-state index in [4.69, 9.17) is 4.74 Å². The summed E-state index contributed by atoms with van der Waals surface area (Å²) >= 11 is 0. The zero-order chi connectivity index (χ0) is 15.1. The zero-order valence-corrected chi connectivity index (χ0v) is 13.4. The third-order valence-corrected chi connectivity index (χ3v) is 4.31. The maximum atomic E-state index is 5.94. The Kier molecular flexibility index (Phi) is 5.86. The van der Waals surface area contributed by atoms with Gasteiger partial charge in [0.2, 0.25) is 0 Å². The molecule has 0 heterocycles. The Labute approximate surface area is 129 Å². The first-order valence-electron chi connectivity index (χ1n) is 8.01. The minimum Gasteiger partial charge on any atom is -0.489 e. The van der Waals surface area contributed by atoms with Crippen molar-refractivity contribution in [3.8, 4) is 5.75 Å². The number of rotatable bonds is 7. The van der Waals surface area contributed by atoms with Crippen molar-refractivity contribution in [3.05, 3.63) is 65.7 Å². The summed E-state index contributed by atoms with van der Waals surface area (Å²) in [7, 11) is 0. The van der Waals surface area contributed by atoms with E-state index in [0.29, 0.717) is 18.4 Å². The van der Waals surface area contributed by atoms with Crippen LogP contribution in [0.1, 0.15) is 50.7 Å². The zero-order valence-electron chi connectivity index (χ0n) is 13.4. The molecule has 0 aromatic heterocycles. The summed E-state index contributed by atoms with van der Waals surface area (Å²) in [6.07, 6.45) is 2.39. The summed E-state index contributed by atoms with van der Waals surface area (Å²) < 4.78 is 5.94. The van der Waals surface area contributed by atoms with E-state index in [2.05, 4.69) is 57.2 Å². The van der Waals surface area contributed by atoms with Gasteiger partial charge in [0, 0.05) is 0 Å². The highest BCUT2D eigenvalue weighted by atomic mass is 16.5.